The van der Waals surface area contributed by atoms with Crippen molar-refractivity contribution in [3.05, 3.63) is 36.4 Å². The van der Waals surface area contributed by atoms with Crippen molar-refractivity contribution in [1.82, 2.24) is 9.97 Å². The first-order valence-electron chi connectivity index (χ1n) is 9.13. The molecule has 1 fully saturated rings. The second-order valence-corrected chi connectivity index (χ2v) is 9.51. The zero-order valence-electron chi connectivity index (χ0n) is 15.7. The zero-order valence-corrected chi connectivity index (χ0v) is 18.2. The van der Waals surface area contributed by atoms with Crippen molar-refractivity contribution in [1.29, 1.82) is 0 Å². The number of para-hydroxylation sites is 1. The Hall–Kier alpha value is -2.03. The Morgan fingerprint density at radius 3 is 2.36 bits per heavy atom. The maximum atomic E-state index is 5.46. The summed E-state index contributed by atoms with van der Waals surface area (Å²) in [5.74, 6) is 0.845. The molecule has 1 aliphatic rings. The summed E-state index contributed by atoms with van der Waals surface area (Å²) in [7, 11) is 1.70. The summed E-state index contributed by atoms with van der Waals surface area (Å²) in [6, 6.07) is 12.6. The van der Waals surface area contributed by atoms with E-state index in [-0.39, 0.29) is 0 Å². The second kappa shape index (κ2) is 7.42. The Balaban J connectivity index is 1.33. The summed E-state index contributed by atoms with van der Waals surface area (Å²) in [6.07, 6.45) is 2.11. The van der Waals surface area contributed by atoms with Gasteiger partial charge in [0.1, 0.15) is 11.3 Å². The molecule has 28 heavy (non-hydrogen) atoms. The average molecular weight is 429 g/mol. The zero-order chi connectivity index (χ0) is 19.1. The topological polar surface area (TPSA) is 41.5 Å². The highest BCUT2D eigenvalue weighted by atomic mass is 32.2. The molecule has 1 aliphatic heterocycles. The van der Waals surface area contributed by atoms with Crippen LogP contribution in [0, 0.1) is 0 Å². The Morgan fingerprint density at radius 1 is 0.929 bits per heavy atom. The molecule has 8 heteroatoms. The van der Waals surface area contributed by atoms with Crippen molar-refractivity contribution in [3.8, 4) is 5.75 Å². The first-order valence-corrected chi connectivity index (χ1v) is 12.0. The van der Waals surface area contributed by atoms with Gasteiger partial charge >= 0.3 is 0 Å². The number of hydrogen-bond donors (Lipinski definition) is 0. The van der Waals surface area contributed by atoms with Gasteiger partial charge in [-0.15, -0.1) is 11.8 Å². The van der Waals surface area contributed by atoms with Crippen LogP contribution in [0.5, 0.6) is 5.75 Å². The van der Waals surface area contributed by atoms with Crippen LogP contribution in [0.25, 0.3) is 20.4 Å². The predicted molar refractivity (Wildman–Crippen MR) is 122 cm³/mol. The van der Waals surface area contributed by atoms with E-state index in [1.807, 2.05) is 12.1 Å². The molecule has 0 unspecified atom stereocenters. The molecule has 0 spiro atoms. The van der Waals surface area contributed by atoms with Gasteiger partial charge in [0.2, 0.25) is 0 Å². The molecule has 0 amide bonds. The van der Waals surface area contributed by atoms with Crippen LogP contribution < -0.4 is 14.5 Å². The van der Waals surface area contributed by atoms with Gasteiger partial charge in [0.25, 0.3) is 0 Å². The molecule has 2 aromatic heterocycles. The molecule has 0 bridgehead atoms. The fourth-order valence-corrected chi connectivity index (χ4v) is 6.06. The number of rotatable bonds is 4. The minimum atomic E-state index is 0.845. The van der Waals surface area contributed by atoms with E-state index in [0.717, 1.165) is 53.2 Å². The molecule has 0 atom stereocenters. The maximum Gasteiger partial charge on any atom is 0.186 e. The fraction of sp³-hybridized carbons (Fsp3) is 0.300. The molecule has 144 valence electrons. The highest BCUT2D eigenvalue weighted by Gasteiger charge is 2.22. The van der Waals surface area contributed by atoms with Crippen molar-refractivity contribution in [2.75, 3.05) is 49.3 Å². The van der Waals surface area contributed by atoms with E-state index >= 15 is 0 Å². The molecule has 0 N–H and O–H groups in total. The van der Waals surface area contributed by atoms with Crippen LogP contribution in [0.15, 0.2) is 41.3 Å². The van der Waals surface area contributed by atoms with Crippen molar-refractivity contribution in [2.24, 2.45) is 0 Å². The maximum absolute atomic E-state index is 5.46. The largest absolute Gasteiger partial charge is 0.494 e. The third-order valence-electron chi connectivity index (χ3n) is 5.00. The summed E-state index contributed by atoms with van der Waals surface area (Å²) in [6.45, 7) is 3.83. The van der Waals surface area contributed by atoms with Gasteiger partial charge in [-0.1, -0.05) is 28.7 Å². The lowest BCUT2D eigenvalue weighted by Gasteiger charge is -2.34. The molecule has 0 aliphatic carbocycles. The molecule has 0 radical (unpaired) electrons. The minimum absolute atomic E-state index is 0.845. The van der Waals surface area contributed by atoms with Crippen molar-refractivity contribution in [3.63, 3.8) is 0 Å². The number of methoxy groups -OCH3 is 1. The molecular weight excluding hydrogens is 408 g/mol. The van der Waals surface area contributed by atoms with Gasteiger partial charge in [-0.3, -0.25) is 0 Å². The predicted octanol–water partition coefficient (Wildman–Crippen LogP) is 4.96. The first-order chi connectivity index (χ1) is 13.7. The van der Waals surface area contributed by atoms with Gasteiger partial charge in [0, 0.05) is 31.1 Å². The summed E-state index contributed by atoms with van der Waals surface area (Å²) in [4.78, 5) is 15.8. The van der Waals surface area contributed by atoms with Gasteiger partial charge < -0.3 is 14.5 Å². The average Bonchev–Trinajstić information content (AvgIpc) is 3.37. The van der Waals surface area contributed by atoms with Crippen LogP contribution in [-0.2, 0) is 0 Å². The molecule has 2 aromatic carbocycles. The first kappa shape index (κ1) is 18.0. The number of aromatic nitrogens is 2. The van der Waals surface area contributed by atoms with E-state index in [9.17, 15) is 0 Å². The monoisotopic (exact) mass is 428 g/mol. The van der Waals surface area contributed by atoms with Crippen molar-refractivity contribution >= 4 is 65.1 Å². The van der Waals surface area contributed by atoms with Crippen LogP contribution >= 0.6 is 34.4 Å². The number of anilines is 2. The highest BCUT2D eigenvalue weighted by Crippen LogP contribution is 2.36. The van der Waals surface area contributed by atoms with E-state index < -0.39 is 0 Å². The Bertz CT molecular complexity index is 1130. The second-order valence-electron chi connectivity index (χ2n) is 6.61. The summed E-state index contributed by atoms with van der Waals surface area (Å²) in [5, 5.41) is 2.20. The highest BCUT2D eigenvalue weighted by molar-refractivity contribution is 7.98. The number of nitrogens with zero attached hydrogens (tertiary/aromatic N) is 4. The number of hydrogen-bond acceptors (Lipinski definition) is 8. The van der Waals surface area contributed by atoms with Gasteiger partial charge in [-0.05, 0) is 36.6 Å². The van der Waals surface area contributed by atoms with Crippen LogP contribution in [0.2, 0.25) is 0 Å². The van der Waals surface area contributed by atoms with Gasteiger partial charge in [-0.25, -0.2) is 9.97 Å². The Morgan fingerprint density at radius 2 is 1.64 bits per heavy atom. The van der Waals surface area contributed by atoms with Crippen LogP contribution in [0.1, 0.15) is 0 Å². The number of piperazine rings is 1. The molecule has 1 saturated heterocycles. The van der Waals surface area contributed by atoms with Crippen LogP contribution in [0.3, 0.4) is 0 Å². The van der Waals surface area contributed by atoms with E-state index in [1.54, 1.807) is 41.5 Å². The third-order valence-corrected chi connectivity index (χ3v) is 7.88. The smallest absolute Gasteiger partial charge is 0.186 e. The molecule has 4 aromatic rings. The van der Waals surface area contributed by atoms with E-state index in [1.165, 1.54) is 14.3 Å². The summed E-state index contributed by atoms with van der Waals surface area (Å²) >= 11 is 5.31. The van der Waals surface area contributed by atoms with Gasteiger partial charge in [0.05, 0.1) is 22.0 Å². The number of ether oxygens (including phenoxy) is 1. The summed E-state index contributed by atoms with van der Waals surface area (Å²) < 4.78 is 7.90. The normalized spacial score (nSPS) is 14.9. The number of benzene rings is 2. The standard InChI is InChI=1S/C20H20N4OS3/c1-25-15-4-3-5-16-18(15)22-20(27-16)24-10-8-23(9-11-24)19-21-14-7-6-13(26-2)12-17(14)28-19/h3-7,12H,8-11H2,1-2H3. The number of fused-ring (bicyclic) bond motifs is 2. The SMILES string of the molecule is COc1cccc2sc(N3CCN(c4nc5ccc(SC)cc5s4)CC3)nc12. The van der Waals surface area contributed by atoms with E-state index in [2.05, 4.69) is 40.3 Å². The van der Waals surface area contributed by atoms with Gasteiger partial charge in [-0.2, -0.15) is 0 Å². The third kappa shape index (κ3) is 3.19. The van der Waals surface area contributed by atoms with Crippen molar-refractivity contribution < 1.29 is 4.74 Å². The lowest BCUT2D eigenvalue weighted by molar-refractivity contribution is 0.419. The molecule has 3 heterocycles. The molecule has 5 rings (SSSR count). The molecule has 5 nitrogen and oxygen atoms in total. The summed E-state index contributed by atoms with van der Waals surface area (Å²) in [5.41, 5.74) is 2.06. The molecule has 0 saturated carbocycles. The van der Waals surface area contributed by atoms with Crippen molar-refractivity contribution in [2.45, 2.75) is 4.90 Å². The van der Waals surface area contributed by atoms with Gasteiger partial charge in [0.15, 0.2) is 10.3 Å². The van der Waals surface area contributed by atoms with Crippen LogP contribution in [-0.4, -0.2) is 49.5 Å². The number of thiazole rings is 2. The lowest BCUT2D eigenvalue weighted by Crippen LogP contribution is -2.46. The molecular formula is C20H20N4OS3. The quantitative estimate of drug-likeness (QED) is 0.428. The Labute approximate surface area is 176 Å². The fourth-order valence-electron chi connectivity index (χ4n) is 3.46. The number of thioether (sulfide) groups is 1. The lowest BCUT2D eigenvalue weighted by atomic mass is 10.3. The van der Waals surface area contributed by atoms with Crippen LogP contribution in [0.4, 0.5) is 10.3 Å². The van der Waals surface area contributed by atoms with E-state index in [4.69, 9.17) is 14.7 Å². The Kier molecular flexibility index (Phi) is 4.78. The van der Waals surface area contributed by atoms with E-state index in [0.29, 0.717) is 0 Å². The minimum Gasteiger partial charge on any atom is -0.494 e.